The van der Waals surface area contributed by atoms with Gasteiger partial charge in [0.1, 0.15) is 0 Å². The summed E-state index contributed by atoms with van der Waals surface area (Å²) in [4.78, 5) is 2.52. The molecule has 2 aromatic heterocycles. The topological polar surface area (TPSA) is 20.2 Å². The van der Waals surface area contributed by atoms with E-state index in [0.717, 1.165) is 12.8 Å². The number of rotatable bonds is 4. The number of hydrogen-bond donors (Lipinski definition) is 1. The van der Waals surface area contributed by atoms with Gasteiger partial charge in [0.05, 0.1) is 6.10 Å². The molecule has 2 heterocycles. The van der Waals surface area contributed by atoms with Crippen molar-refractivity contribution in [2.45, 2.75) is 18.9 Å². The molecule has 2 aromatic rings. The molecule has 3 heteroatoms. The summed E-state index contributed by atoms with van der Waals surface area (Å²) in [6.45, 7) is 0. The van der Waals surface area contributed by atoms with Gasteiger partial charge in [0, 0.05) is 22.6 Å². The third-order valence-electron chi connectivity index (χ3n) is 2.03. The highest BCUT2D eigenvalue weighted by Crippen LogP contribution is 2.16. The SMILES string of the molecule is OC(Cc1cccs1)Cc1cccs1. The van der Waals surface area contributed by atoms with Gasteiger partial charge in [0.25, 0.3) is 0 Å². The Morgan fingerprint density at radius 1 is 1.00 bits per heavy atom. The van der Waals surface area contributed by atoms with Crippen LogP contribution in [0.2, 0.25) is 0 Å². The highest BCUT2D eigenvalue weighted by atomic mass is 32.1. The molecule has 0 radical (unpaired) electrons. The van der Waals surface area contributed by atoms with Crippen molar-refractivity contribution < 1.29 is 5.11 Å². The maximum absolute atomic E-state index is 9.81. The van der Waals surface area contributed by atoms with Crippen molar-refractivity contribution in [2.75, 3.05) is 0 Å². The van der Waals surface area contributed by atoms with E-state index in [4.69, 9.17) is 0 Å². The molecule has 0 fully saturated rings. The fourth-order valence-electron chi connectivity index (χ4n) is 1.39. The molecule has 0 atom stereocenters. The van der Waals surface area contributed by atoms with Gasteiger partial charge < -0.3 is 5.11 Å². The van der Waals surface area contributed by atoms with Gasteiger partial charge in [0.2, 0.25) is 0 Å². The highest BCUT2D eigenvalue weighted by molar-refractivity contribution is 7.10. The second-order valence-electron chi connectivity index (χ2n) is 3.22. The number of thiophene rings is 2. The highest BCUT2D eigenvalue weighted by Gasteiger charge is 2.07. The van der Waals surface area contributed by atoms with Crippen molar-refractivity contribution in [3.63, 3.8) is 0 Å². The molecule has 1 N–H and O–H groups in total. The predicted octanol–water partition coefficient (Wildman–Crippen LogP) is 2.96. The van der Waals surface area contributed by atoms with Crippen LogP contribution in [-0.2, 0) is 12.8 Å². The summed E-state index contributed by atoms with van der Waals surface area (Å²) in [6.07, 6.45) is 1.30. The Morgan fingerprint density at radius 2 is 1.50 bits per heavy atom. The number of aliphatic hydroxyl groups is 1. The van der Waals surface area contributed by atoms with E-state index in [1.807, 2.05) is 22.9 Å². The summed E-state index contributed by atoms with van der Waals surface area (Å²) in [6, 6.07) is 8.19. The van der Waals surface area contributed by atoms with Crippen LogP contribution in [0.5, 0.6) is 0 Å². The van der Waals surface area contributed by atoms with E-state index in [1.165, 1.54) is 9.75 Å². The first-order chi connectivity index (χ1) is 6.84. The average Bonchev–Trinajstić information content (AvgIpc) is 2.76. The van der Waals surface area contributed by atoms with Crippen molar-refractivity contribution >= 4 is 22.7 Å². The molecule has 74 valence electrons. The molecule has 0 saturated carbocycles. The molecular weight excluding hydrogens is 212 g/mol. The van der Waals surface area contributed by atoms with Gasteiger partial charge in [-0.3, -0.25) is 0 Å². The van der Waals surface area contributed by atoms with Gasteiger partial charge in [-0.25, -0.2) is 0 Å². The third kappa shape index (κ3) is 2.67. The van der Waals surface area contributed by atoms with Crippen LogP contribution in [0.1, 0.15) is 9.75 Å². The Kier molecular flexibility index (Phi) is 3.35. The maximum atomic E-state index is 9.81. The van der Waals surface area contributed by atoms with Crippen LogP contribution >= 0.6 is 22.7 Å². The van der Waals surface area contributed by atoms with Crippen molar-refractivity contribution in [1.82, 2.24) is 0 Å². The van der Waals surface area contributed by atoms with Gasteiger partial charge in [-0.2, -0.15) is 0 Å². The van der Waals surface area contributed by atoms with E-state index in [-0.39, 0.29) is 6.10 Å². The summed E-state index contributed by atoms with van der Waals surface area (Å²) in [5.41, 5.74) is 0. The lowest BCUT2D eigenvalue weighted by atomic mass is 10.1. The monoisotopic (exact) mass is 224 g/mol. The summed E-state index contributed by atoms with van der Waals surface area (Å²) in [5.74, 6) is 0. The van der Waals surface area contributed by atoms with Crippen molar-refractivity contribution in [3.8, 4) is 0 Å². The molecule has 0 spiro atoms. The van der Waals surface area contributed by atoms with E-state index >= 15 is 0 Å². The first kappa shape index (κ1) is 9.90. The Bertz CT molecular complexity index is 314. The van der Waals surface area contributed by atoms with Gasteiger partial charge in [-0.05, 0) is 22.9 Å². The number of aliphatic hydroxyl groups excluding tert-OH is 1. The molecule has 0 saturated heterocycles. The lowest BCUT2D eigenvalue weighted by Crippen LogP contribution is -2.12. The minimum absolute atomic E-state index is 0.243. The van der Waals surface area contributed by atoms with E-state index in [0.29, 0.717) is 0 Å². The third-order valence-corrected chi connectivity index (χ3v) is 3.83. The quantitative estimate of drug-likeness (QED) is 0.846. The van der Waals surface area contributed by atoms with Crippen molar-refractivity contribution in [3.05, 3.63) is 44.8 Å². The fraction of sp³-hybridized carbons (Fsp3) is 0.273. The molecule has 0 unspecified atom stereocenters. The van der Waals surface area contributed by atoms with E-state index in [2.05, 4.69) is 12.1 Å². The minimum atomic E-state index is -0.243. The molecule has 0 aliphatic heterocycles. The fourth-order valence-corrected chi connectivity index (χ4v) is 2.95. The van der Waals surface area contributed by atoms with Crippen LogP contribution in [0.3, 0.4) is 0 Å². The summed E-state index contributed by atoms with van der Waals surface area (Å²) in [5, 5.41) is 13.9. The second kappa shape index (κ2) is 4.73. The van der Waals surface area contributed by atoms with Gasteiger partial charge in [0.15, 0.2) is 0 Å². The van der Waals surface area contributed by atoms with E-state index in [9.17, 15) is 5.11 Å². The Morgan fingerprint density at radius 3 is 1.86 bits per heavy atom. The van der Waals surface area contributed by atoms with Gasteiger partial charge in [-0.15, -0.1) is 22.7 Å². The van der Waals surface area contributed by atoms with Gasteiger partial charge in [-0.1, -0.05) is 12.1 Å². The molecule has 2 rings (SSSR count). The number of hydrogen-bond acceptors (Lipinski definition) is 3. The van der Waals surface area contributed by atoms with Crippen LogP contribution in [0, 0.1) is 0 Å². The average molecular weight is 224 g/mol. The van der Waals surface area contributed by atoms with Crippen LogP contribution in [0.25, 0.3) is 0 Å². The smallest absolute Gasteiger partial charge is 0.0636 e. The van der Waals surface area contributed by atoms with Crippen LogP contribution in [0.15, 0.2) is 35.0 Å². The van der Waals surface area contributed by atoms with Crippen molar-refractivity contribution in [2.24, 2.45) is 0 Å². The Hall–Kier alpha value is -0.640. The van der Waals surface area contributed by atoms with E-state index < -0.39 is 0 Å². The molecule has 0 aromatic carbocycles. The summed E-state index contributed by atoms with van der Waals surface area (Å²) < 4.78 is 0. The summed E-state index contributed by atoms with van der Waals surface area (Å²) >= 11 is 3.41. The zero-order chi connectivity index (χ0) is 9.80. The largest absolute Gasteiger partial charge is 0.392 e. The molecule has 1 nitrogen and oxygen atoms in total. The second-order valence-corrected chi connectivity index (χ2v) is 5.29. The Balaban J connectivity index is 1.88. The molecule has 0 bridgehead atoms. The zero-order valence-electron chi connectivity index (χ0n) is 7.72. The Labute approximate surface area is 91.7 Å². The summed E-state index contributed by atoms with van der Waals surface area (Å²) in [7, 11) is 0. The molecular formula is C11H12OS2. The van der Waals surface area contributed by atoms with Crippen LogP contribution < -0.4 is 0 Å². The molecule has 0 aliphatic carbocycles. The maximum Gasteiger partial charge on any atom is 0.0636 e. The first-order valence-corrected chi connectivity index (χ1v) is 6.33. The predicted molar refractivity (Wildman–Crippen MR) is 62.1 cm³/mol. The first-order valence-electron chi connectivity index (χ1n) is 4.57. The standard InChI is InChI=1S/C11H12OS2/c12-9(7-10-3-1-5-13-10)8-11-4-2-6-14-11/h1-6,9,12H,7-8H2. The molecule has 0 aliphatic rings. The lowest BCUT2D eigenvalue weighted by molar-refractivity contribution is 0.177. The van der Waals surface area contributed by atoms with Gasteiger partial charge >= 0.3 is 0 Å². The minimum Gasteiger partial charge on any atom is -0.392 e. The van der Waals surface area contributed by atoms with Crippen LogP contribution in [0.4, 0.5) is 0 Å². The molecule has 0 amide bonds. The lowest BCUT2D eigenvalue weighted by Gasteiger charge is -2.06. The van der Waals surface area contributed by atoms with Crippen molar-refractivity contribution in [1.29, 1.82) is 0 Å². The molecule has 14 heavy (non-hydrogen) atoms. The van der Waals surface area contributed by atoms with Crippen LogP contribution in [-0.4, -0.2) is 11.2 Å². The normalized spacial score (nSPS) is 11.0. The zero-order valence-corrected chi connectivity index (χ0v) is 9.35. The van der Waals surface area contributed by atoms with E-state index in [1.54, 1.807) is 22.7 Å².